The van der Waals surface area contributed by atoms with Gasteiger partial charge in [-0.3, -0.25) is 9.10 Å². The van der Waals surface area contributed by atoms with Crippen molar-refractivity contribution in [1.82, 2.24) is 4.98 Å². The van der Waals surface area contributed by atoms with E-state index in [0.717, 1.165) is 18.9 Å². The van der Waals surface area contributed by atoms with E-state index in [4.69, 9.17) is 4.74 Å². The summed E-state index contributed by atoms with van der Waals surface area (Å²) in [5, 5.41) is 2.77. The van der Waals surface area contributed by atoms with Crippen LogP contribution in [0.1, 0.15) is 24.2 Å². The van der Waals surface area contributed by atoms with E-state index in [9.17, 15) is 13.2 Å². The zero-order valence-electron chi connectivity index (χ0n) is 19.1. The number of carbonyl (C=O) groups excluding carboxylic acids is 1. The number of aromatic nitrogens is 1. The number of carbonyl (C=O) groups is 1. The second-order valence-electron chi connectivity index (χ2n) is 7.23. The number of hydrogen-bond acceptors (Lipinski definition) is 6. The summed E-state index contributed by atoms with van der Waals surface area (Å²) in [5.41, 5.74) is 1.23. The van der Waals surface area contributed by atoms with E-state index in [1.165, 1.54) is 23.5 Å². The van der Waals surface area contributed by atoms with Gasteiger partial charge in [0.1, 0.15) is 11.6 Å². The lowest BCUT2D eigenvalue weighted by molar-refractivity contribution is 0.102. The third-order valence-corrected chi connectivity index (χ3v) is 7.07. The molecule has 0 aliphatic heterocycles. The zero-order chi connectivity index (χ0) is 24.0. The van der Waals surface area contributed by atoms with Gasteiger partial charge in [-0.25, -0.2) is 13.4 Å². The molecule has 2 aromatic carbocycles. The fourth-order valence-electron chi connectivity index (χ4n) is 3.28. The first-order valence-corrected chi connectivity index (χ1v) is 12.0. The van der Waals surface area contributed by atoms with Crippen molar-refractivity contribution in [1.29, 1.82) is 0 Å². The number of sulfonamides is 1. The first-order chi connectivity index (χ1) is 15.8. The van der Waals surface area contributed by atoms with Gasteiger partial charge >= 0.3 is 0 Å². The molecule has 33 heavy (non-hydrogen) atoms. The van der Waals surface area contributed by atoms with Crippen molar-refractivity contribution in [2.75, 3.05) is 41.8 Å². The van der Waals surface area contributed by atoms with Gasteiger partial charge in [0.15, 0.2) is 0 Å². The zero-order valence-corrected chi connectivity index (χ0v) is 20.0. The molecule has 3 rings (SSSR count). The number of pyridine rings is 1. The van der Waals surface area contributed by atoms with Crippen molar-refractivity contribution in [3.8, 4) is 5.75 Å². The lowest BCUT2D eigenvalue weighted by Crippen LogP contribution is -2.26. The van der Waals surface area contributed by atoms with Gasteiger partial charge in [0.05, 0.1) is 29.6 Å². The highest BCUT2D eigenvalue weighted by Crippen LogP contribution is 2.25. The van der Waals surface area contributed by atoms with E-state index in [2.05, 4.69) is 15.2 Å². The Morgan fingerprint density at radius 3 is 2.30 bits per heavy atom. The Balaban J connectivity index is 1.78. The van der Waals surface area contributed by atoms with Gasteiger partial charge in [-0.2, -0.15) is 0 Å². The first kappa shape index (κ1) is 24.1. The highest BCUT2D eigenvalue weighted by Gasteiger charge is 2.22. The van der Waals surface area contributed by atoms with Crippen LogP contribution in [0.5, 0.6) is 5.75 Å². The Hall–Kier alpha value is -3.59. The SMILES string of the molecule is CCN(CC)c1ccc(NC(=O)c2cccc(S(=O)(=O)N(C)c3ccc(OC)cc3)c2)cn1. The number of nitrogens with one attached hydrogen (secondary N) is 1. The van der Waals surface area contributed by atoms with Crippen LogP contribution < -0.4 is 19.3 Å². The maximum absolute atomic E-state index is 13.1. The van der Waals surface area contributed by atoms with Crippen molar-refractivity contribution < 1.29 is 17.9 Å². The third-order valence-electron chi connectivity index (χ3n) is 5.28. The van der Waals surface area contributed by atoms with Crippen molar-refractivity contribution in [3.63, 3.8) is 0 Å². The maximum atomic E-state index is 13.1. The van der Waals surface area contributed by atoms with Gasteiger partial charge in [-0.15, -0.1) is 0 Å². The van der Waals surface area contributed by atoms with Gasteiger partial charge in [-0.1, -0.05) is 6.07 Å². The second kappa shape index (κ2) is 10.4. The monoisotopic (exact) mass is 468 g/mol. The van der Waals surface area contributed by atoms with Gasteiger partial charge in [-0.05, 0) is 68.4 Å². The number of rotatable bonds is 9. The summed E-state index contributed by atoms with van der Waals surface area (Å²) in [6, 6.07) is 16.2. The molecule has 3 aromatic rings. The van der Waals surface area contributed by atoms with Crippen LogP contribution in [-0.4, -0.2) is 46.6 Å². The van der Waals surface area contributed by atoms with E-state index >= 15 is 0 Å². The van der Waals surface area contributed by atoms with Crippen LogP contribution in [0, 0.1) is 0 Å². The summed E-state index contributed by atoms with van der Waals surface area (Å²) < 4.78 is 32.5. The van der Waals surface area contributed by atoms with E-state index in [1.54, 1.807) is 55.8 Å². The molecule has 0 unspecified atom stereocenters. The number of anilines is 3. The molecule has 0 saturated carbocycles. The molecule has 1 amide bonds. The van der Waals surface area contributed by atoms with Gasteiger partial charge < -0.3 is 15.0 Å². The molecule has 0 spiro atoms. The predicted molar refractivity (Wildman–Crippen MR) is 131 cm³/mol. The lowest BCUT2D eigenvalue weighted by Gasteiger charge is -2.20. The first-order valence-electron chi connectivity index (χ1n) is 10.6. The van der Waals surface area contributed by atoms with Crippen LogP contribution >= 0.6 is 0 Å². The van der Waals surface area contributed by atoms with Crippen molar-refractivity contribution in [2.45, 2.75) is 18.7 Å². The van der Waals surface area contributed by atoms with Gasteiger partial charge in [0, 0.05) is 25.7 Å². The van der Waals surface area contributed by atoms with Crippen molar-refractivity contribution >= 4 is 33.1 Å². The summed E-state index contributed by atoms with van der Waals surface area (Å²) in [7, 11) is -0.858. The van der Waals surface area contributed by atoms with E-state index in [1.807, 2.05) is 19.9 Å². The number of nitrogens with zero attached hydrogens (tertiary/aromatic N) is 3. The molecule has 9 heteroatoms. The summed E-state index contributed by atoms with van der Waals surface area (Å²) in [5.74, 6) is 1.03. The number of amides is 1. The summed E-state index contributed by atoms with van der Waals surface area (Å²) >= 11 is 0. The van der Waals surface area contributed by atoms with Crippen LogP contribution in [0.25, 0.3) is 0 Å². The average Bonchev–Trinajstić information content (AvgIpc) is 2.85. The summed E-state index contributed by atoms with van der Waals surface area (Å²) in [6.07, 6.45) is 1.59. The minimum Gasteiger partial charge on any atom is -0.497 e. The van der Waals surface area contributed by atoms with Crippen LogP contribution in [0.15, 0.2) is 71.8 Å². The minimum atomic E-state index is -3.87. The van der Waals surface area contributed by atoms with Crippen molar-refractivity contribution in [2.24, 2.45) is 0 Å². The molecule has 0 atom stereocenters. The highest BCUT2D eigenvalue weighted by molar-refractivity contribution is 7.92. The molecule has 1 aromatic heterocycles. The fourth-order valence-corrected chi connectivity index (χ4v) is 4.53. The molecule has 1 N–H and O–H groups in total. The minimum absolute atomic E-state index is 0.0171. The molecular formula is C24H28N4O4S. The molecule has 0 fully saturated rings. The predicted octanol–water partition coefficient (Wildman–Crippen LogP) is 4.01. The molecule has 8 nitrogen and oxygen atoms in total. The molecular weight excluding hydrogens is 440 g/mol. The molecule has 0 bridgehead atoms. The Bertz CT molecular complexity index is 1190. The maximum Gasteiger partial charge on any atom is 0.264 e. The Morgan fingerprint density at radius 1 is 1.03 bits per heavy atom. The van der Waals surface area contributed by atoms with Gasteiger partial charge in [0.2, 0.25) is 0 Å². The smallest absolute Gasteiger partial charge is 0.264 e. The topological polar surface area (TPSA) is 91.8 Å². The van der Waals surface area contributed by atoms with Crippen LogP contribution in [0.3, 0.4) is 0 Å². The number of methoxy groups -OCH3 is 1. The molecule has 0 saturated heterocycles. The Labute approximate surface area is 194 Å². The molecule has 0 radical (unpaired) electrons. The van der Waals surface area contributed by atoms with E-state index < -0.39 is 15.9 Å². The Kier molecular flexibility index (Phi) is 7.55. The second-order valence-corrected chi connectivity index (χ2v) is 9.20. The largest absolute Gasteiger partial charge is 0.497 e. The van der Waals surface area contributed by atoms with Crippen LogP contribution in [-0.2, 0) is 10.0 Å². The normalized spacial score (nSPS) is 11.0. The average molecular weight is 469 g/mol. The highest BCUT2D eigenvalue weighted by atomic mass is 32.2. The molecule has 174 valence electrons. The molecule has 0 aliphatic carbocycles. The molecule has 0 aliphatic rings. The summed E-state index contributed by atoms with van der Waals surface area (Å²) in [6.45, 7) is 5.77. The number of benzene rings is 2. The Morgan fingerprint density at radius 2 is 1.73 bits per heavy atom. The fraction of sp³-hybridized carbons (Fsp3) is 0.250. The van der Waals surface area contributed by atoms with Crippen LogP contribution in [0.4, 0.5) is 17.2 Å². The summed E-state index contributed by atoms with van der Waals surface area (Å²) in [4.78, 5) is 19.3. The molecule has 1 heterocycles. The standard InChI is InChI=1S/C24H28N4O4S/c1-5-28(6-2)23-15-10-19(17-25-23)26-24(29)18-8-7-9-22(16-18)33(30,31)27(3)20-11-13-21(32-4)14-12-20/h7-17H,5-6H2,1-4H3,(H,26,29). The number of ether oxygens (including phenoxy) is 1. The van der Waals surface area contributed by atoms with Crippen molar-refractivity contribution in [3.05, 3.63) is 72.4 Å². The third kappa shape index (κ3) is 5.43. The van der Waals surface area contributed by atoms with E-state index in [0.29, 0.717) is 17.1 Å². The lowest BCUT2D eigenvalue weighted by atomic mass is 10.2. The van der Waals surface area contributed by atoms with Gasteiger partial charge in [0.25, 0.3) is 15.9 Å². The van der Waals surface area contributed by atoms with E-state index in [-0.39, 0.29) is 10.5 Å². The quantitative estimate of drug-likeness (QED) is 0.510. The number of hydrogen-bond donors (Lipinski definition) is 1. The van der Waals surface area contributed by atoms with Crippen LogP contribution in [0.2, 0.25) is 0 Å².